The first-order valence-corrected chi connectivity index (χ1v) is 6.27. The molecule has 2 nitrogen and oxygen atoms in total. The summed E-state index contributed by atoms with van der Waals surface area (Å²) in [6, 6.07) is 0. The summed E-state index contributed by atoms with van der Waals surface area (Å²) in [5, 5.41) is 3.08. The smallest absolute Gasteiger partial charge is 0.220 e. The molecule has 1 saturated carbocycles. The van der Waals surface area contributed by atoms with Crippen molar-refractivity contribution in [1.82, 2.24) is 5.32 Å². The zero-order valence-corrected chi connectivity index (χ0v) is 10.5. The molecular weight excluding hydrogens is 186 g/mol. The van der Waals surface area contributed by atoms with E-state index in [0.29, 0.717) is 23.7 Å². The van der Waals surface area contributed by atoms with Crippen LogP contribution in [0, 0.1) is 23.7 Å². The second-order valence-electron chi connectivity index (χ2n) is 5.60. The Morgan fingerprint density at radius 1 is 1.20 bits per heavy atom. The van der Waals surface area contributed by atoms with Gasteiger partial charge in [-0.15, -0.1) is 0 Å². The first kappa shape index (κ1) is 12.5. The molecule has 1 aliphatic carbocycles. The fraction of sp³-hybridized carbons (Fsp3) is 0.923. The van der Waals surface area contributed by atoms with E-state index in [1.807, 2.05) is 0 Å². The number of hydrogen-bond acceptors (Lipinski definition) is 1. The predicted molar refractivity (Wildman–Crippen MR) is 63.5 cm³/mol. The van der Waals surface area contributed by atoms with Crippen LogP contribution in [0.3, 0.4) is 0 Å². The van der Waals surface area contributed by atoms with Crippen LogP contribution >= 0.6 is 0 Å². The van der Waals surface area contributed by atoms with E-state index in [-0.39, 0.29) is 5.91 Å². The molecule has 0 saturated heterocycles. The van der Waals surface area contributed by atoms with Gasteiger partial charge in [-0.05, 0) is 36.5 Å². The van der Waals surface area contributed by atoms with Gasteiger partial charge in [-0.1, -0.05) is 27.7 Å². The molecule has 1 fully saturated rings. The van der Waals surface area contributed by atoms with Crippen LogP contribution in [0.4, 0.5) is 0 Å². The van der Waals surface area contributed by atoms with Gasteiger partial charge < -0.3 is 5.32 Å². The summed E-state index contributed by atoms with van der Waals surface area (Å²) in [5.74, 6) is 2.84. The standard InChI is InChI=1S/C13H25NO/c1-9(2)12(10(3)4)8-14-13(15)7-11-5-6-11/h9-12H,5-8H2,1-4H3,(H,14,15). The number of nitrogens with one attached hydrogen (secondary N) is 1. The van der Waals surface area contributed by atoms with Gasteiger partial charge in [0, 0.05) is 13.0 Å². The van der Waals surface area contributed by atoms with Crippen molar-refractivity contribution in [3.8, 4) is 0 Å². The van der Waals surface area contributed by atoms with Crippen molar-refractivity contribution in [2.75, 3.05) is 6.54 Å². The highest BCUT2D eigenvalue weighted by molar-refractivity contribution is 5.76. The highest BCUT2D eigenvalue weighted by Gasteiger charge is 2.25. The molecular formula is C13H25NO. The lowest BCUT2D eigenvalue weighted by Crippen LogP contribution is -2.34. The number of carbonyl (C=O) groups is 1. The third kappa shape index (κ3) is 4.67. The van der Waals surface area contributed by atoms with E-state index in [1.165, 1.54) is 12.8 Å². The number of hydrogen-bond donors (Lipinski definition) is 1. The minimum atomic E-state index is 0.254. The van der Waals surface area contributed by atoms with Crippen LogP contribution in [0.15, 0.2) is 0 Å². The molecule has 0 spiro atoms. The Bertz CT molecular complexity index is 199. The third-order valence-electron chi connectivity index (χ3n) is 3.42. The Labute approximate surface area is 93.8 Å². The molecule has 0 aromatic rings. The van der Waals surface area contributed by atoms with Crippen LogP contribution in [0.25, 0.3) is 0 Å². The molecule has 88 valence electrons. The van der Waals surface area contributed by atoms with E-state index in [0.717, 1.165) is 13.0 Å². The van der Waals surface area contributed by atoms with Crippen molar-refractivity contribution in [3.05, 3.63) is 0 Å². The zero-order chi connectivity index (χ0) is 11.4. The fourth-order valence-electron chi connectivity index (χ4n) is 2.13. The van der Waals surface area contributed by atoms with Gasteiger partial charge in [-0.3, -0.25) is 4.79 Å². The van der Waals surface area contributed by atoms with E-state index < -0.39 is 0 Å². The molecule has 1 amide bonds. The minimum absolute atomic E-state index is 0.254. The average molecular weight is 211 g/mol. The highest BCUT2D eigenvalue weighted by Crippen LogP contribution is 2.32. The molecule has 2 heteroatoms. The molecule has 0 bridgehead atoms. The zero-order valence-electron chi connectivity index (χ0n) is 10.5. The first-order valence-electron chi connectivity index (χ1n) is 6.27. The summed E-state index contributed by atoms with van der Waals surface area (Å²) < 4.78 is 0. The van der Waals surface area contributed by atoms with Crippen LogP contribution in [-0.2, 0) is 4.79 Å². The Kier molecular flexibility index (Phi) is 4.62. The predicted octanol–water partition coefficient (Wildman–Crippen LogP) is 2.83. The Morgan fingerprint density at radius 3 is 2.13 bits per heavy atom. The summed E-state index contributed by atoms with van der Waals surface area (Å²) in [6.07, 6.45) is 3.26. The lowest BCUT2D eigenvalue weighted by molar-refractivity contribution is -0.121. The summed E-state index contributed by atoms with van der Waals surface area (Å²) >= 11 is 0. The second-order valence-corrected chi connectivity index (χ2v) is 5.60. The van der Waals surface area contributed by atoms with E-state index in [2.05, 4.69) is 33.0 Å². The van der Waals surface area contributed by atoms with Crippen LogP contribution in [-0.4, -0.2) is 12.5 Å². The summed E-state index contributed by atoms with van der Waals surface area (Å²) in [5.41, 5.74) is 0. The number of amides is 1. The van der Waals surface area contributed by atoms with Gasteiger partial charge in [0.1, 0.15) is 0 Å². The van der Waals surface area contributed by atoms with Crippen LogP contribution < -0.4 is 5.32 Å². The van der Waals surface area contributed by atoms with Crippen molar-refractivity contribution in [3.63, 3.8) is 0 Å². The monoisotopic (exact) mass is 211 g/mol. The normalized spacial score (nSPS) is 16.5. The molecule has 0 atom stereocenters. The molecule has 15 heavy (non-hydrogen) atoms. The molecule has 0 heterocycles. The van der Waals surface area contributed by atoms with Crippen LogP contribution in [0.1, 0.15) is 47.0 Å². The molecule has 1 N–H and O–H groups in total. The van der Waals surface area contributed by atoms with Gasteiger partial charge in [0.05, 0.1) is 0 Å². The van der Waals surface area contributed by atoms with Gasteiger partial charge in [-0.25, -0.2) is 0 Å². The maximum Gasteiger partial charge on any atom is 0.220 e. The minimum Gasteiger partial charge on any atom is -0.356 e. The van der Waals surface area contributed by atoms with Crippen molar-refractivity contribution in [2.45, 2.75) is 47.0 Å². The topological polar surface area (TPSA) is 29.1 Å². The second kappa shape index (κ2) is 5.53. The van der Waals surface area contributed by atoms with Crippen molar-refractivity contribution >= 4 is 5.91 Å². The molecule has 0 unspecified atom stereocenters. The van der Waals surface area contributed by atoms with Gasteiger partial charge >= 0.3 is 0 Å². The SMILES string of the molecule is CC(C)C(CNC(=O)CC1CC1)C(C)C. The number of carbonyl (C=O) groups excluding carboxylic acids is 1. The average Bonchev–Trinajstić information content (AvgIpc) is 2.86. The van der Waals surface area contributed by atoms with Gasteiger partial charge in [0.15, 0.2) is 0 Å². The lowest BCUT2D eigenvalue weighted by Gasteiger charge is -2.25. The molecule has 0 aromatic heterocycles. The largest absolute Gasteiger partial charge is 0.356 e. The molecule has 0 radical (unpaired) electrons. The van der Waals surface area contributed by atoms with Crippen molar-refractivity contribution in [1.29, 1.82) is 0 Å². The van der Waals surface area contributed by atoms with E-state index in [9.17, 15) is 4.79 Å². The van der Waals surface area contributed by atoms with Crippen molar-refractivity contribution < 1.29 is 4.79 Å². The third-order valence-corrected chi connectivity index (χ3v) is 3.42. The fourth-order valence-corrected chi connectivity index (χ4v) is 2.13. The van der Waals surface area contributed by atoms with Gasteiger partial charge in [-0.2, -0.15) is 0 Å². The summed E-state index contributed by atoms with van der Waals surface area (Å²) in [4.78, 5) is 11.5. The van der Waals surface area contributed by atoms with Crippen molar-refractivity contribution in [2.24, 2.45) is 23.7 Å². The Balaban J connectivity index is 2.22. The Morgan fingerprint density at radius 2 is 1.73 bits per heavy atom. The van der Waals surface area contributed by atoms with E-state index in [1.54, 1.807) is 0 Å². The van der Waals surface area contributed by atoms with Crippen LogP contribution in [0.5, 0.6) is 0 Å². The van der Waals surface area contributed by atoms with Crippen LogP contribution in [0.2, 0.25) is 0 Å². The molecule has 0 aromatic carbocycles. The quantitative estimate of drug-likeness (QED) is 0.719. The summed E-state index contributed by atoms with van der Waals surface area (Å²) in [7, 11) is 0. The molecule has 0 aliphatic heterocycles. The van der Waals surface area contributed by atoms with Gasteiger partial charge in [0.2, 0.25) is 5.91 Å². The van der Waals surface area contributed by atoms with E-state index >= 15 is 0 Å². The maximum atomic E-state index is 11.5. The molecule has 1 rings (SSSR count). The molecule has 1 aliphatic rings. The highest BCUT2D eigenvalue weighted by atomic mass is 16.1. The Hall–Kier alpha value is -0.530. The van der Waals surface area contributed by atoms with E-state index in [4.69, 9.17) is 0 Å². The maximum absolute atomic E-state index is 11.5. The number of rotatable bonds is 6. The van der Waals surface area contributed by atoms with Gasteiger partial charge in [0.25, 0.3) is 0 Å². The first-order chi connectivity index (χ1) is 7.00. The summed E-state index contributed by atoms with van der Waals surface area (Å²) in [6.45, 7) is 9.78. The lowest BCUT2D eigenvalue weighted by atomic mass is 9.85.